The molecule has 0 aromatic heterocycles. The molecule has 1 aromatic carbocycles. The fourth-order valence-electron chi connectivity index (χ4n) is 3.06. The Morgan fingerprint density at radius 1 is 1.28 bits per heavy atom. The van der Waals surface area contributed by atoms with Crippen LogP contribution in [0.25, 0.3) is 0 Å². The van der Waals surface area contributed by atoms with E-state index in [1.54, 1.807) is 11.0 Å². The molecule has 1 saturated heterocycles. The summed E-state index contributed by atoms with van der Waals surface area (Å²) in [7, 11) is 0. The highest BCUT2D eigenvalue weighted by Crippen LogP contribution is 2.42. The van der Waals surface area contributed by atoms with E-state index >= 15 is 0 Å². The number of amides is 1. The van der Waals surface area contributed by atoms with Gasteiger partial charge < -0.3 is 20.8 Å². The number of hydrogen-bond acceptors (Lipinski definition) is 4. The molecule has 1 aromatic rings. The summed E-state index contributed by atoms with van der Waals surface area (Å²) in [6.45, 7) is 0.604. The van der Waals surface area contributed by atoms with Gasteiger partial charge in [-0.05, 0) is 30.9 Å². The zero-order valence-electron chi connectivity index (χ0n) is 9.97. The highest BCUT2D eigenvalue weighted by Gasteiger charge is 2.38. The van der Waals surface area contributed by atoms with Crippen molar-refractivity contribution in [3.63, 3.8) is 0 Å². The van der Waals surface area contributed by atoms with E-state index in [2.05, 4.69) is 0 Å². The van der Waals surface area contributed by atoms with Crippen molar-refractivity contribution in [3.8, 4) is 11.5 Å². The molecule has 2 aliphatic heterocycles. The van der Waals surface area contributed by atoms with Gasteiger partial charge >= 0.3 is 0 Å². The molecule has 0 saturated carbocycles. The molecule has 5 nitrogen and oxygen atoms in total. The molecule has 0 bridgehead atoms. The lowest BCUT2D eigenvalue weighted by Gasteiger charge is -2.42. The van der Waals surface area contributed by atoms with E-state index in [1.807, 2.05) is 0 Å². The van der Waals surface area contributed by atoms with Crippen molar-refractivity contribution in [2.45, 2.75) is 31.3 Å². The summed E-state index contributed by atoms with van der Waals surface area (Å²) in [6, 6.07) is 2.50. The van der Waals surface area contributed by atoms with Crippen LogP contribution in [0.1, 0.15) is 30.0 Å². The molecule has 0 aliphatic carbocycles. The van der Waals surface area contributed by atoms with Gasteiger partial charge in [0.2, 0.25) is 5.91 Å². The fourth-order valence-corrected chi connectivity index (χ4v) is 3.06. The molecule has 96 valence electrons. The molecule has 5 heteroatoms. The van der Waals surface area contributed by atoms with E-state index in [1.165, 1.54) is 6.07 Å². The largest absolute Gasteiger partial charge is 0.508 e. The summed E-state index contributed by atoms with van der Waals surface area (Å²) < 4.78 is 0. The average Bonchev–Trinajstić information content (AvgIpc) is 2.32. The van der Waals surface area contributed by atoms with Crippen LogP contribution in [-0.4, -0.2) is 33.6 Å². The topological polar surface area (TPSA) is 86.8 Å². The molecule has 4 N–H and O–H groups in total. The zero-order valence-corrected chi connectivity index (χ0v) is 9.97. The number of benzene rings is 1. The van der Waals surface area contributed by atoms with E-state index < -0.39 is 6.04 Å². The molecule has 3 rings (SSSR count). The molecule has 1 amide bonds. The Morgan fingerprint density at radius 2 is 2.06 bits per heavy atom. The molecule has 18 heavy (non-hydrogen) atoms. The SMILES string of the molecule is N[C@H]1CC[C@H]2c3c(O)cc(O)cc3CCN2C1=O. The van der Waals surface area contributed by atoms with Gasteiger partial charge in [-0.25, -0.2) is 0 Å². The standard InChI is InChI=1S/C13H16N2O3/c14-9-1-2-10-12-7(3-4-15(10)13(9)18)5-8(16)6-11(12)17/h5-6,9-10,16-17H,1-4,14H2/t9-,10-/m0/s1. The number of nitrogens with zero attached hydrogens (tertiary/aromatic N) is 1. The summed E-state index contributed by atoms with van der Waals surface area (Å²) in [5.41, 5.74) is 7.48. The molecule has 0 spiro atoms. The summed E-state index contributed by atoms with van der Waals surface area (Å²) >= 11 is 0. The first-order valence-corrected chi connectivity index (χ1v) is 6.18. The van der Waals surface area contributed by atoms with Gasteiger partial charge in [0, 0.05) is 18.2 Å². The monoisotopic (exact) mass is 248 g/mol. The molecule has 2 aliphatic rings. The van der Waals surface area contributed by atoms with Gasteiger partial charge in [0.25, 0.3) is 0 Å². The summed E-state index contributed by atoms with van der Waals surface area (Å²) in [5, 5.41) is 19.5. The Balaban J connectivity index is 2.06. The van der Waals surface area contributed by atoms with E-state index in [0.717, 1.165) is 17.5 Å². The average molecular weight is 248 g/mol. The maximum Gasteiger partial charge on any atom is 0.240 e. The van der Waals surface area contributed by atoms with Gasteiger partial charge in [-0.1, -0.05) is 0 Å². The van der Waals surface area contributed by atoms with Crippen LogP contribution >= 0.6 is 0 Å². The molecule has 2 heterocycles. The molecule has 2 atom stereocenters. The van der Waals surface area contributed by atoms with Crippen LogP contribution in [0.5, 0.6) is 11.5 Å². The van der Waals surface area contributed by atoms with Crippen LogP contribution in [0.15, 0.2) is 12.1 Å². The zero-order chi connectivity index (χ0) is 12.9. The number of piperidine rings is 1. The number of hydrogen-bond donors (Lipinski definition) is 3. The van der Waals surface area contributed by atoms with Crippen LogP contribution in [-0.2, 0) is 11.2 Å². The third kappa shape index (κ3) is 1.54. The molecule has 0 radical (unpaired) electrons. The van der Waals surface area contributed by atoms with Gasteiger partial charge in [0.05, 0.1) is 12.1 Å². The lowest BCUT2D eigenvalue weighted by molar-refractivity contribution is -0.138. The highest BCUT2D eigenvalue weighted by atomic mass is 16.3. The van der Waals surface area contributed by atoms with E-state index in [9.17, 15) is 15.0 Å². The predicted octanol–water partition coefficient (Wildman–Crippen LogP) is 0.645. The van der Waals surface area contributed by atoms with Crippen molar-refractivity contribution in [3.05, 3.63) is 23.3 Å². The van der Waals surface area contributed by atoms with Crippen molar-refractivity contribution < 1.29 is 15.0 Å². The predicted molar refractivity (Wildman–Crippen MR) is 65.1 cm³/mol. The van der Waals surface area contributed by atoms with E-state index in [0.29, 0.717) is 19.4 Å². The smallest absolute Gasteiger partial charge is 0.240 e. The van der Waals surface area contributed by atoms with Crippen molar-refractivity contribution in [2.24, 2.45) is 5.73 Å². The number of carbonyl (C=O) groups excluding carboxylic acids is 1. The lowest BCUT2D eigenvalue weighted by Crippen LogP contribution is -2.52. The van der Waals surface area contributed by atoms with Gasteiger partial charge in [-0.3, -0.25) is 4.79 Å². The molecular formula is C13H16N2O3. The van der Waals surface area contributed by atoms with Crippen LogP contribution in [0, 0.1) is 0 Å². The normalized spacial score (nSPS) is 26.7. The number of nitrogens with two attached hydrogens (primary N) is 1. The van der Waals surface area contributed by atoms with Crippen molar-refractivity contribution in [2.75, 3.05) is 6.54 Å². The Morgan fingerprint density at radius 3 is 2.83 bits per heavy atom. The first kappa shape index (κ1) is 11.3. The quantitative estimate of drug-likeness (QED) is 0.629. The highest BCUT2D eigenvalue weighted by molar-refractivity contribution is 5.83. The van der Waals surface area contributed by atoms with E-state index in [4.69, 9.17) is 5.73 Å². The molecular weight excluding hydrogens is 232 g/mol. The first-order valence-electron chi connectivity index (χ1n) is 6.18. The number of phenols is 2. The van der Waals surface area contributed by atoms with Gasteiger partial charge in [0.1, 0.15) is 11.5 Å². The Bertz CT molecular complexity index is 515. The van der Waals surface area contributed by atoms with Crippen molar-refractivity contribution >= 4 is 5.91 Å². The van der Waals surface area contributed by atoms with Gasteiger partial charge in [-0.2, -0.15) is 0 Å². The second-order valence-electron chi connectivity index (χ2n) is 5.02. The maximum absolute atomic E-state index is 12.0. The summed E-state index contributed by atoms with van der Waals surface area (Å²) in [4.78, 5) is 13.8. The minimum Gasteiger partial charge on any atom is -0.508 e. The number of fused-ring (bicyclic) bond motifs is 3. The minimum absolute atomic E-state index is 0.0376. The Labute approximate surface area is 105 Å². The second-order valence-corrected chi connectivity index (χ2v) is 5.02. The minimum atomic E-state index is -0.415. The van der Waals surface area contributed by atoms with Crippen LogP contribution in [0.4, 0.5) is 0 Å². The Kier molecular flexibility index (Phi) is 2.45. The molecule has 0 unspecified atom stereocenters. The fraction of sp³-hybridized carbons (Fsp3) is 0.462. The molecule has 1 fully saturated rings. The van der Waals surface area contributed by atoms with Gasteiger partial charge in [0.15, 0.2) is 0 Å². The number of rotatable bonds is 0. The Hall–Kier alpha value is -1.75. The van der Waals surface area contributed by atoms with Crippen molar-refractivity contribution in [1.29, 1.82) is 0 Å². The lowest BCUT2D eigenvalue weighted by atomic mass is 9.84. The first-order chi connectivity index (χ1) is 8.58. The van der Waals surface area contributed by atoms with E-state index in [-0.39, 0.29) is 23.4 Å². The van der Waals surface area contributed by atoms with Gasteiger partial charge in [-0.15, -0.1) is 0 Å². The summed E-state index contributed by atoms with van der Waals surface area (Å²) in [5.74, 6) is 0.103. The van der Waals surface area contributed by atoms with Crippen molar-refractivity contribution in [1.82, 2.24) is 4.90 Å². The summed E-state index contributed by atoms with van der Waals surface area (Å²) in [6.07, 6.45) is 2.05. The maximum atomic E-state index is 12.0. The third-order valence-corrected chi connectivity index (χ3v) is 3.91. The second kappa shape index (κ2) is 3.88. The van der Waals surface area contributed by atoms with Crippen LogP contribution in [0.3, 0.4) is 0 Å². The number of phenolic OH excluding ortho intramolecular Hbond substituents is 2. The number of carbonyl (C=O) groups is 1. The van der Waals surface area contributed by atoms with Crippen LogP contribution in [0.2, 0.25) is 0 Å². The number of aromatic hydroxyl groups is 2. The third-order valence-electron chi connectivity index (χ3n) is 3.91. The van der Waals surface area contributed by atoms with Crippen LogP contribution < -0.4 is 5.73 Å².